The Labute approximate surface area is 110 Å². The van der Waals surface area contributed by atoms with E-state index in [0.29, 0.717) is 0 Å². The largest absolute Gasteiger partial charge is 0.385 e. The minimum absolute atomic E-state index is 1.12. The normalized spacial score (nSPS) is 21.1. The van der Waals surface area contributed by atoms with Crippen molar-refractivity contribution in [3.05, 3.63) is 23.8 Å². The first-order valence-corrected chi connectivity index (χ1v) is 7.13. The van der Waals surface area contributed by atoms with E-state index in [1.807, 2.05) is 0 Å². The number of rotatable bonds is 1. The average molecular weight is 245 g/mol. The molecule has 1 fully saturated rings. The van der Waals surface area contributed by atoms with Crippen LogP contribution in [0.4, 0.5) is 11.4 Å². The lowest BCUT2D eigenvalue weighted by atomic mass is 10.0. The Morgan fingerprint density at radius 3 is 2.94 bits per heavy atom. The van der Waals surface area contributed by atoms with Gasteiger partial charge in [0, 0.05) is 37.6 Å². The van der Waals surface area contributed by atoms with Crippen molar-refractivity contribution in [2.75, 3.05) is 50.0 Å². The average Bonchev–Trinajstić information content (AvgIpc) is 2.63. The minimum atomic E-state index is 1.12. The fourth-order valence-electron chi connectivity index (χ4n) is 2.95. The molecule has 0 amide bonds. The van der Waals surface area contributed by atoms with Gasteiger partial charge in [0.05, 0.1) is 0 Å². The highest BCUT2D eigenvalue weighted by molar-refractivity contribution is 5.63. The molecule has 0 radical (unpaired) electrons. The number of aryl methyl sites for hydroxylation is 1. The molecule has 0 atom stereocenters. The maximum absolute atomic E-state index is 3.53. The number of hydrogen-bond donors (Lipinski definition) is 1. The van der Waals surface area contributed by atoms with E-state index in [9.17, 15) is 0 Å². The summed E-state index contributed by atoms with van der Waals surface area (Å²) in [5, 5.41) is 3.53. The summed E-state index contributed by atoms with van der Waals surface area (Å²) in [5.74, 6) is 0. The molecule has 0 unspecified atom stereocenters. The van der Waals surface area contributed by atoms with Crippen LogP contribution in [0.3, 0.4) is 0 Å². The van der Waals surface area contributed by atoms with E-state index in [2.05, 4.69) is 40.4 Å². The highest BCUT2D eigenvalue weighted by atomic mass is 15.2. The Morgan fingerprint density at radius 2 is 2.00 bits per heavy atom. The molecule has 18 heavy (non-hydrogen) atoms. The van der Waals surface area contributed by atoms with Gasteiger partial charge in [-0.2, -0.15) is 0 Å². The molecule has 0 spiro atoms. The Kier molecular flexibility index (Phi) is 3.41. The van der Waals surface area contributed by atoms with Gasteiger partial charge >= 0.3 is 0 Å². The number of hydrogen-bond acceptors (Lipinski definition) is 3. The third kappa shape index (κ3) is 2.46. The van der Waals surface area contributed by atoms with Gasteiger partial charge in [0.25, 0.3) is 0 Å². The number of nitrogens with zero attached hydrogens (tertiary/aromatic N) is 2. The van der Waals surface area contributed by atoms with E-state index >= 15 is 0 Å². The van der Waals surface area contributed by atoms with Crippen LogP contribution >= 0.6 is 0 Å². The van der Waals surface area contributed by atoms with Crippen LogP contribution in [-0.2, 0) is 6.42 Å². The Balaban J connectivity index is 1.79. The molecule has 2 aliphatic rings. The highest BCUT2D eigenvalue weighted by Gasteiger charge is 2.15. The molecular formula is C15H23N3. The zero-order valence-corrected chi connectivity index (χ0v) is 11.3. The van der Waals surface area contributed by atoms with Gasteiger partial charge in [-0.3, -0.25) is 0 Å². The fraction of sp³-hybridized carbons (Fsp3) is 0.600. The summed E-state index contributed by atoms with van der Waals surface area (Å²) in [6, 6.07) is 6.96. The molecule has 3 rings (SSSR count). The fourth-order valence-corrected chi connectivity index (χ4v) is 2.95. The van der Waals surface area contributed by atoms with E-state index in [4.69, 9.17) is 0 Å². The third-order valence-electron chi connectivity index (χ3n) is 4.12. The van der Waals surface area contributed by atoms with Crippen LogP contribution < -0.4 is 10.2 Å². The summed E-state index contributed by atoms with van der Waals surface area (Å²) in [6.45, 7) is 5.85. The summed E-state index contributed by atoms with van der Waals surface area (Å²) < 4.78 is 0. The lowest BCUT2D eigenvalue weighted by Crippen LogP contribution is -2.28. The smallest absolute Gasteiger partial charge is 0.0393 e. The minimum Gasteiger partial charge on any atom is -0.385 e. The molecule has 0 bridgehead atoms. The van der Waals surface area contributed by atoms with Crippen LogP contribution in [0.25, 0.3) is 0 Å². The van der Waals surface area contributed by atoms with Gasteiger partial charge in [0.15, 0.2) is 0 Å². The molecule has 1 aromatic rings. The number of likely N-dealkylation sites (N-methyl/N-ethyl adjacent to an activating group) is 1. The molecular weight excluding hydrogens is 222 g/mol. The van der Waals surface area contributed by atoms with Gasteiger partial charge < -0.3 is 15.1 Å². The van der Waals surface area contributed by atoms with Crippen LogP contribution in [0.5, 0.6) is 0 Å². The molecule has 1 saturated heterocycles. The van der Waals surface area contributed by atoms with Crippen LogP contribution in [0.15, 0.2) is 18.2 Å². The molecule has 0 aromatic heterocycles. The van der Waals surface area contributed by atoms with Crippen molar-refractivity contribution in [2.45, 2.75) is 19.3 Å². The topological polar surface area (TPSA) is 18.5 Å². The van der Waals surface area contributed by atoms with Crippen LogP contribution in [0, 0.1) is 0 Å². The van der Waals surface area contributed by atoms with Gasteiger partial charge in [-0.15, -0.1) is 0 Å². The third-order valence-corrected chi connectivity index (χ3v) is 4.12. The molecule has 0 aliphatic carbocycles. The summed E-state index contributed by atoms with van der Waals surface area (Å²) in [6.07, 6.45) is 3.76. The predicted molar refractivity (Wildman–Crippen MR) is 77.6 cm³/mol. The van der Waals surface area contributed by atoms with Gasteiger partial charge in [0.2, 0.25) is 0 Å². The molecule has 2 aliphatic heterocycles. The van der Waals surface area contributed by atoms with Crippen LogP contribution in [0.2, 0.25) is 0 Å². The Bertz CT molecular complexity index is 416. The first kappa shape index (κ1) is 11.8. The van der Waals surface area contributed by atoms with Crippen molar-refractivity contribution in [2.24, 2.45) is 0 Å². The number of benzene rings is 1. The predicted octanol–water partition coefficient (Wildman–Crippen LogP) is 2.19. The Hall–Kier alpha value is -1.22. The first-order valence-electron chi connectivity index (χ1n) is 7.13. The van der Waals surface area contributed by atoms with E-state index < -0.39 is 0 Å². The molecule has 0 saturated carbocycles. The van der Waals surface area contributed by atoms with E-state index in [1.54, 1.807) is 0 Å². The van der Waals surface area contributed by atoms with Gasteiger partial charge in [-0.1, -0.05) is 6.07 Å². The molecule has 3 heteroatoms. The van der Waals surface area contributed by atoms with Crippen molar-refractivity contribution < 1.29 is 0 Å². The zero-order valence-electron chi connectivity index (χ0n) is 11.3. The van der Waals surface area contributed by atoms with Crippen molar-refractivity contribution in [3.8, 4) is 0 Å². The van der Waals surface area contributed by atoms with Gasteiger partial charge in [-0.25, -0.2) is 0 Å². The van der Waals surface area contributed by atoms with E-state index in [-0.39, 0.29) is 0 Å². The number of nitrogens with one attached hydrogen (secondary N) is 1. The number of fused-ring (bicyclic) bond motifs is 1. The van der Waals surface area contributed by atoms with Crippen LogP contribution in [0.1, 0.15) is 18.4 Å². The molecule has 3 nitrogen and oxygen atoms in total. The molecule has 1 N–H and O–H groups in total. The monoisotopic (exact) mass is 245 g/mol. The Morgan fingerprint density at radius 1 is 1.06 bits per heavy atom. The van der Waals surface area contributed by atoms with Crippen molar-refractivity contribution in [3.63, 3.8) is 0 Å². The molecule has 98 valence electrons. The lowest BCUT2D eigenvalue weighted by molar-refractivity contribution is 0.360. The standard InChI is InChI=1S/C15H23N3/c1-17-8-3-9-18(11-10-17)14-6-5-13-4-2-7-16-15(13)12-14/h5-6,12,16H,2-4,7-11H2,1H3. The SMILES string of the molecule is CN1CCCN(c2ccc3c(c2)NCCC3)CC1. The second-order valence-corrected chi connectivity index (χ2v) is 5.52. The van der Waals surface area contributed by atoms with Crippen molar-refractivity contribution in [1.29, 1.82) is 0 Å². The summed E-state index contributed by atoms with van der Waals surface area (Å²) >= 11 is 0. The maximum Gasteiger partial charge on any atom is 0.0393 e. The quantitative estimate of drug-likeness (QED) is 0.818. The van der Waals surface area contributed by atoms with Crippen LogP contribution in [-0.4, -0.2) is 44.7 Å². The summed E-state index contributed by atoms with van der Waals surface area (Å²) in [4.78, 5) is 4.96. The lowest BCUT2D eigenvalue weighted by Gasteiger charge is -2.26. The second kappa shape index (κ2) is 5.19. The summed E-state index contributed by atoms with van der Waals surface area (Å²) in [5.41, 5.74) is 4.23. The highest BCUT2D eigenvalue weighted by Crippen LogP contribution is 2.27. The molecule has 1 aromatic carbocycles. The summed E-state index contributed by atoms with van der Waals surface area (Å²) in [7, 11) is 2.22. The number of anilines is 2. The van der Waals surface area contributed by atoms with Crippen molar-refractivity contribution >= 4 is 11.4 Å². The molecule has 2 heterocycles. The van der Waals surface area contributed by atoms with Crippen molar-refractivity contribution in [1.82, 2.24) is 4.90 Å². The first-order chi connectivity index (χ1) is 8.83. The maximum atomic E-state index is 3.53. The zero-order chi connectivity index (χ0) is 12.4. The van der Waals surface area contributed by atoms with Gasteiger partial charge in [-0.05, 0) is 50.6 Å². The second-order valence-electron chi connectivity index (χ2n) is 5.52. The van der Waals surface area contributed by atoms with E-state index in [1.165, 1.54) is 55.8 Å². The van der Waals surface area contributed by atoms with Gasteiger partial charge in [0.1, 0.15) is 0 Å². The van der Waals surface area contributed by atoms with E-state index in [0.717, 1.165) is 13.1 Å².